The van der Waals surface area contributed by atoms with Crippen molar-refractivity contribution < 1.29 is 17.9 Å². The van der Waals surface area contributed by atoms with E-state index in [1.165, 1.54) is 4.31 Å². The third-order valence-electron chi connectivity index (χ3n) is 4.48. The summed E-state index contributed by atoms with van der Waals surface area (Å²) in [5.74, 6) is 0.309. The van der Waals surface area contributed by atoms with E-state index in [1.807, 2.05) is 19.1 Å². The summed E-state index contributed by atoms with van der Waals surface area (Å²) in [6, 6.07) is 13.7. The second-order valence-corrected chi connectivity index (χ2v) is 8.62. The first kappa shape index (κ1) is 19.7. The predicted molar refractivity (Wildman–Crippen MR) is 103 cm³/mol. The molecule has 0 aliphatic carbocycles. The monoisotopic (exact) mass is 408 g/mol. The van der Waals surface area contributed by atoms with Gasteiger partial charge in [-0.1, -0.05) is 41.9 Å². The standard InChI is InChI=1S/C19H21ClN2O4S/c1-15-6-5-9-17(20)19(15)26-14-18(23)21-10-12-22(13-11-21)27(24,25)16-7-3-2-4-8-16/h2-9H,10-14H2,1H3. The van der Waals surface area contributed by atoms with Gasteiger partial charge in [-0.05, 0) is 30.7 Å². The van der Waals surface area contributed by atoms with Crippen LogP contribution in [0.5, 0.6) is 5.75 Å². The van der Waals surface area contributed by atoms with Crippen LogP contribution in [0, 0.1) is 6.92 Å². The average Bonchev–Trinajstić information content (AvgIpc) is 2.68. The van der Waals surface area contributed by atoms with Crippen LogP contribution in [0.4, 0.5) is 0 Å². The fraction of sp³-hybridized carbons (Fsp3) is 0.316. The van der Waals surface area contributed by atoms with E-state index in [-0.39, 0.29) is 30.5 Å². The molecule has 8 heteroatoms. The van der Waals surface area contributed by atoms with Crippen molar-refractivity contribution in [3.63, 3.8) is 0 Å². The molecule has 0 saturated carbocycles. The molecular weight excluding hydrogens is 388 g/mol. The maximum absolute atomic E-state index is 12.6. The summed E-state index contributed by atoms with van der Waals surface area (Å²) in [5.41, 5.74) is 0.856. The van der Waals surface area contributed by atoms with Crippen molar-refractivity contribution in [3.8, 4) is 5.75 Å². The van der Waals surface area contributed by atoms with E-state index in [4.69, 9.17) is 16.3 Å². The fourth-order valence-electron chi connectivity index (χ4n) is 2.94. The molecule has 2 aromatic rings. The number of hydrogen-bond acceptors (Lipinski definition) is 4. The highest BCUT2D eigenvalue weighted by molar-refractivity contribution is 7.89. The Kier molecular flexibility index (Phi) is 6.04. The van der Waals surface area contributed by atoms with E-state index in [0.717, 1.165) is 5.56 Å². The number of carbonyl (C=O) groups excluding carboxylic acids is 1. The Morgan fingerprint density at radius 2 is 1.70 bits per heavy atom. The molecule has 144 valence electrons. The van der Waals surface area contributed by atoms with E-state index < -0.39 is 10.0 Å². The quantitative estimate of drug-likeness (QED) is 0.762. The lowest BCUT2D eigenvalue weighted by Crippen LogP contribution is -2.51. The van der Waals surface area contributed by atoms with Crippen molar-refractivity contribution in [2.45, 2.75) is 11.8 Å². The van der Waals surface area contributed by atoms with E-state index in [2.05, 4.69) is 0 Å². The Bertz CT molecular complexity index is 890. The van der Waals surface area contributed by atoms with Crippen molar-refractivity contribution in [2.24, 2.45) is 0 Å². The number of ether oxygens (including phenoxy) is 1. The van der Waals surface area contributed by atoms with Crippen LogP contribution in [0.3, 0.4) is 0 Å². The molecule has 1 aliphatic rings. The van der Waals surface area contributed by atoms with Gasteiger partial charge < -0.3 is 9.64 Å². The second kappa shape index (κ2) is 8.29. The molecular formula is C19H21ClN2O4S. The minimum absolute atomic E-state index is 0.129. The molecule has 0 bridgehead atoms. The van der Waals surface area contributed by atoms with Gasteiger partial charge in [0.05, 0.1) is 9.92 Å². The highest BCUT2D eigenvalue weighted by atomic mass is 35.5. The van der Waals surface area contributed by atoms with Crippen LogP contribution in [-0.4, -0.2) is 56.3 Å². The lowest BCUT2D eigenvalue weighted by atomic mass is 10.2. The first-order chi connectivity index (χ1) is 12.9. The second-order valence-electron chi connectivity index (χ2n) is 6.27. The summed E-state index contributed by atoms with van der Waals surface area (Å²) in [7, 11) is -3.53. The molecule has 0 spiro atoms. The van der Waals surface area contributed by atoms with Crippen LogP contribution in [0.15, 0.2) is 53.4 Å². The maximum Gasteiger partial charge on any atom is 0.260 e. The van der Waals surface area contributed by atoms with Crippen LogP contribution in [0.2, 0.25) is 5.02 Å². The van der Waals surface area contributed by atoms with Gasteiger partial charge in [0.25, 0.3) is 5.91 Å². The van der Waals surface area contributed by atoms with Crippen LogP contribution >= 0.6 is 11.6 Å². The molecule has 2 aromatic carbocycles. The molecule has 0 unspecified atom stereocenters. The van der Waals surface area contributed by atoms with E-state index in [9.17, 15) is 13.2 Å². The molecule has 1 aliphatic heterocycles. The zero-order valence-electron chi connectivity index (χ0n) is 15.0. The number of piperazine rings is 1. The smallest absolute Gasteiger partial charge is 0.260 e. The van der Waals surface area contributed by atoms with Crippen LogP contribution in [0.1, 0.15) is 5.56 Å². The van der Waals surface area contributed by atoms with Gasteiger partial charge in [-0.2, -0.15) is 4.31 Å². The molecule has 1 saturated heterocycles. The van der Waals surface area contributed by atoms with Gasteiger partial charge in [0.2, 0.25) is 10.0 Å². The zero-order valence-corrected chi connectivity index (χ0v) is 16.5. The van der Waals surface area contributed by atoms with Crippen LogP contribution in [0.25, 0.3) is 0 Å². The predicted octanol–water partition coefficient (Wildman–Crippen LogP) is 2.56. The van der Waals surface area contributed by atoms with Gasteiger partial charge in [0.1, 0.15) is 5.75 Å². The van der Waals surface area contributed by atoms with Gasteiger partial charge in [0, 0.05) is 26.2 Å². The Labute approximate surface area is 164 Å². The third-order valence-corrected chi connectivity index (χ3v) is 6.69. The Morgan fingerprint density at radius 3 is 2.33 bits per heavy atom. The number of para-hydroxylation sites is 1. The van der Waals surface area contributed by atoms with Gasteiger partial charge in [-0.25, -0.2) is 8.42 Å². The summed E-state index contributed by atoms with van der Waals surface area (Å²) < 4.78 is 32.3. The number of amides is 1. The van der Waals surface area contributed by atoms with Gasteiger partial charge in [0.15, 0.2) is 6.61 Å². The van der Waals surface area contributed by atoms with E-state index in [0.29, 0.717) is 23.9 Å². The molecule has 27 heavy (non-hydrogen) atoms. The van der Waals surface area contributed by atoms with Gasteiger partial charge >= 0.3 is 0 Å². The Hall–Kier alpha value is -2.09. The maximum atomic E-state index is 12.6. The van der Waals surface area contributed by atoms with Crippen molar-refractivity contribution in [1.82, 2.24) is 9.21 Å². The highest BCUT2D eigenvalue weighted by Gasteiger charge is 2.30. The number of carbonyl (C=O) groups is 1. The number of benzene rings is 2. The zero-order chi connectivity index (χ0) is 19.4. The number of hydrogen-bond donors (Lipinski definition) is 0. The molecule has 6 nitrogen and oxygen atoms in total. The van der Waals surface area contributed by atoms with Crippen molar-refractivity contribution in [1.29, 1.82) is 0 Å². The van der Waals surface area contributed by atoms with Crippen molar-refractivity contribution >= 4 is 27.5 Å². The third kappa shape index (κ3) is 4.43. The first-order valence-electron chi connectivity index (χ1n) is 8.60. The largest absolute Gasteiger partial charge is 0.482 e. The molecule has 0 atom stereocenters. The average molecular weight is 409 g/mol. The number of halogens is 1. The summed E-state index contributed by atoms with van der Waals surface area (Å²) in [6.07, 6.45) is 0. The number of aryl methyl sites for hydroxylation is 1. The molecule has 0 N–H and O–H groups in total. The number of rotatable bonds is 5. The van der Waals surface area contributed by atoms with Gasteiger partial charge in [-0.15, -0.1) is 0 Å². The molecule has 0 aromatic heterocycles. The summed E-state index contributed by atoms with van der Waals surface area (Å²) >= 11 is 6.10. The molecule has 3 rings (SSSR count). The van der Waals surface area contributed by atoms with Crippen molar-refractivity contribution in [2.75, 3.05) is 32.8 Å². The Balaban J connectivity index is 1.57. The molecule has 0 radical (unpaired) electrons. The molecule has 1 heterocycles. The number of sulfonamides is 1. The van der Waals surface area contributed by atoms with Crippen LogP contribution in [-0.2, 0) is 14.8 Å². The minimum atomic E-state index is -3.53. The normalized spacial score (nSPS) is 15.6. The topological polar surface area (TPSA) is 66.9 Å². The molecule has 1 fully saturated rings. The summed E-state index contributed by atoms with van der Waals surface area (Å²) in [5, 5.41) is 0.460. The summed E-state index contributed by atoms with van der Waals surface area (Å²) in [4.78, 5) is 14.3. The lowest BCUT2D eigenvalue weighted by Gasteiger charge is -2.34. The summed E-state index contributed by atoms with van der Waals surface area (Å²) in [6.45, 7) is 2.91. The SMILES string of the molecule is Cc1cccc(Cl)c1OCC(=O)N1CCN(S(=O)(=O)c2ccccc2)CC1. The van der Waals surface area contributed by atoms with E-state index in [1.54, 1.807) is 41.3 Å². The van der Waals surface area contributed by atoms with E-state index >= 15 is 0 Å². The van der Waals surface area contributed by atoms with Crippen molar-refractivity contribution in [3.05, 3.63) is 59.1 Å². The molecule has 1 amide bonds. The fourth-order valence-corrected chi connectivity index (χ4v) is 4.66. The minimum Gasteiger partial charge on any atom is -0.482 e. The lowest BCUT2D eigenvalue weighted by molar-refractivity contribution is -0.134. The first-order valence-corrected chi connectivity index (χ1v) is 10.4. The highest BCUT2D eigenvalue weighted by Crippen LogP contribution is 2.28. The van der Waals surface area contributed by atoms with Crippen LogP contribution < -0.4 is 4.74 Å². The number of nitrogens with zero attached hydrogens (tertiary/aromatic N) is 2. The Morgan fingerprint density at radius 1 is 1.04 bits per heavy atom. The van der Waals surface area contributed by atoms with Gasteiger partial charge in [-0.3, -0.25) is 4.79 Å².